The van der Waals surface area contributed by atoms with E-state index in [1.807, 2.05) is 60.7 Å². The lowest BCUT2D eigenvalue weighted by Crippen LogP contribution is -2.27. The van der Waals surface area contributed by atoms with Crippen molar-refractivity contribution in [2.24, 2.45) is 0 Å². The van der Waals surface area contributed by atoms with Crippen molar-refractivity contribution in [3.8, 4) is 0 Å². The van der Waals surface area contributed by atoms with E-state index in [1.54, 1.807) is 13.2 Å². The number of hydrogen-bond acceptors (Lipinski definition) is 3. The molecule has 0 aliphatic heterocycles. The summed E-state index contributed by atoms with van der Waals surface area (Å²) < 4.78 is 5.35. The zero-order valence-electron chi connectivity index (χ0n) is 12.3. The number of ether oxygens (including phenoxy) is 1. The van der Waals surface area contributed by atoms with Gasteiger partial charge in [0.25, 0.3) is 0 Å². The van der Waals surface area contributed by atoms with Crippen LogP contribution in [0.4, 0.5) is 10.5 Å². The van der Waals surface area contributed by atoms with Crippen LogP contribution in [0.25, 0.3) is 10.9 Å². The van der Waals surface area contributed by atoms with Gasteiger partial charge in [-0.25, -0.2) is 4.79 Å². The molecule has 110 valence electrons. The number of amides is 1. The van der Waals surface area contributed by atoms with E-state index >= 15 is 0 Å². The molecular formula is C18H16N2O2. The maximum Gasteiger partial charge on any atom is 0.414 e. The number of para-hydroxylation sites is 1. The smallest absolute Gasteiger partial charge is 0.414 e. The Bertz CT molecular complexity index is 782. The number of fused-ring (bicyclic) bond motifs is 1. The molecule has 1 amide bonds. The standard InChI is InChI=1S/C18H16N2O2/c1-20(18(21)22-13-14-7-3-2-4-8-14)16-11-5-9-15-10-6-12-19-17(15)16/h2-12H,13H2,1H3. The molecule has 1 heterocycles. The molecule has 0 bridgehead atoms. The Hall–Kier alpha value is -2.88. The average molecular weight is 292 g/mol. The second kappa shape index (κ2) is 6.26. The van der Waals surface area contributed by atoms with Gasteiger partial charge in [0.15, 0.2) is 0 Å². The summed E-state index contributed by atoms with van der Waals surface area (Å²) in [7, 11) is 1.69. The average Bonchev–Trinajstić information content (AvgIpc) is 2.59. The van der Waals surface area contributed by atoms with Crippen molar-refractivity contribution < 1.29 is 9.53 Å². The molecule has 0 atom stereocenters. The van der Waals surface area contributed by atoms with Gasteiger partial charge in [-0.05, 0) is 17.7 Å². The van der Waals surface area contributed by atoms with Crippen LogP contribution < -0.4 is 4.90 Å². The lowest BCUT2D eigenvalue weighted by atomic mass is 10.2. The van der Waals surface area contributed by atoms with Crippen LogP contribution in [0, 0.1) is 0 Å². The number of benzene rings is 2. The number of nitrogens with zero attached hydrogens (tertiary/aromatic N) is 2. The van der Waals surface area contributed by atoms with E-state index in [0.29, 0.717) is 0 Å². The van der Waals surface area contributed by atoms with E-state index < -0.39 is 6.09 Å². The highest BCUT2D eigenvalue weighted by molar-refractivity contribution is 5.98. The Balaban J connectivity index is 1.77. The first kappa shape index (κ1) is 14.1. The summed E-state index contributed by atoms with van der Waals surface area (Å²) in [5.41, 5.74) is 2.47. The minimum Gasteiger partial charge on any atom is -0.444 e. The predicted molar refractivity (Wildman–Crippen MR) is 86.8 cm³/mol. The minimum absolute atomic E-state index is 0.252. The first-order valence-electron chi connectivity index (χ1n) is 7.04. The van der Waals surface area contributed by atoms with Crippen LogP contribution in [0.2, 0.25) is 0 Å². The van der Waals surface area contributed by atoms with Gasteiger partial charge in [-0.3, -0.25) is 9.88 Å². The van der Waals surface area contributed by atoms with E-state index in [4.69, 9.17) is 4.74 Å². The monoisotopic (exact) mass is 292 g/mol. The molecule has 0 unspecified atom stereocenters. The van der Waals surface area contributed by atoms with Gasteiger partial charge >= 0.3 is 6.09 Å². The van der Waals surface area contributed by atoms with E-state index in [2.05, 4.69) is 4.98 Å². The molecular weight excluding hydrogens is 276 g/mol. The van der Waals surface area contributed by atoms with Gasteiger partial charge < -0.3 is 4.74 Å². The van der Waals surface area contributed by atoms with Crippen molar-refractivity contribution in [3.05, 3.63) is 72.4 Å². The first-order valence-corrected chi connectivity index (χ1v) is 7.04. The van der Waals surface area contributed by atoms with Gasteiger partial charge in [0.1, 0.15) is 6.61 Å². The molecule has 0 fully saturated rings. The summed E-state index contributed by atoms with van der Waals surface area (Å²) in [5, 5.41) is 0.989. The molecule has 0 aliphatic carbocycles. The van der Waals surface area contributed by atoms with Gasteiger partial charge in [-0.15, -0.1) is 0 Å². The van der Waals surface area contributed by atoms with E-state index in [0.717, 1.165) is 22.2 Å². The van der Waals surface area contributed by atoms with Crippen molar-refractivity contribution in [3.63, 3.8) is 0 Å². The van der Waals surface area contributed by atoms with Crippen molar-refractivity contribution in [1.29, 1.82) is 0 Å². The fourth-order valence-corrected chi connectivity index (χ4v) is 2.27. The maximum atomic E-state index is 12.2. The Morgan fingerprint density at radius 2 is 1.82 bits per heavy atom. The molecule has 4 nitrogen and oxygen atoms in total. The zero-order valence-corrected chi connectivity index (χ0v) is 12.3. The predicted octanol–water partition coefficient (Wildman–Crippen LogP) is 4.01. The topological polar surface area (TPSA) is 42.4 Å². The number of carbonyl (C=O) groups excluding carboxylic acids is 1. The summed E-state index contributed by atoms with van der Waals surface area (Å²) >= 11 is 0. The van der Waals surface area contributed by atoms with Gasteiger partial charge in [-0.2, -0.15) is 0 Å². The summed E-state index contributed by atoms with van der Waals surface area (Å²) in [4.78, 5) is 18.1. The maximum absolute atomic E-state index is 12.2. The molecule has 0 radical (unpaired) electrons. The molecule has 0 saturated carbocycles. The number of pyridine rings is 1. The van der Waals surface area contributed by atoms with Crippen LogP contribution in [0.3, 0.4) is 0 Å². The van der Waals surface area contributed by atoms with Gasteiger partial charge in [0.05, 0.1) is 11.2 Å². The van der Waals surface area contributed by atoms with Gasteiger partial charge in [-0.1, -0.05) is 48.5 Å². The molecule has 3 aromatic rings. The van der Waals surface area contributed by atoms with Gasteiger partial charge in [0.2, 0.25) is 0 Å². The van der Waals surface area contributed by atoms with E-state index in [1.165, 1.54) is 4.90 Å². The molecule has 0 spiro atoms. The fraction of sp³-hybridized carbons (Fsp3) is 0.111. The van der Waals surface area contributed by atoms with Gasteiger partial charge in [0, 0.05) is 18.6 Å². The third-order valence-electron chi connectivity index (χ3n) is 3.45. The largest absolute Gasteiger partial charge is 0.444 e. The van der Waals surface area contributed by atoms with Crippen molar-refractivity contribution in [2.75, 3.05) is 11.9 Å². The first-order chi connectivity index (χ1) is 10.8. The molecule has 22 heavy (non-hydrogen) atoms. The van der Waals surface area contributed by atoms with E-state index in [-0.39, 0.29) is 6.61 Å². The normalized spacial score (nSPS) is 10.4. The lowest BCUT2D eigenvalue weighted by molar-refractivity contribution is 0.148. The summed E-state index contributed by atoms with van der Waals surface area (Å²) in [6, 6.07) is 19.2. The van der Waals surface area contributed by atoms with Crippen molar-refractivity contribution in [1.82, 2.24) is 4.98 Å². The van der Waals surface area contributed by atoms with Crippen LogP contribution in [-0.2, 0) is 11.3 Å². The Morgan fingerprint density at radius 3 is 2.64 bits per heavy atom. The number of rotatable bonds is 3. The minimum atomic E-state index is -0.401. The van der Waals surface area contributed by atoms with E-state index in [9.17, 15) is 4.79 Å². The molecule has 0 N–H and O–H groups in total. The lowest BCUT2D eigenvalue weighted by Gasteiger charge is -2.18. The van der Waals surface area contributed by atoms with Crippen LogP contribution >= 0.6 is 0 Å². The summed E-state index contributed by atoms with van der Waals surface area (Å²) in [6.45, 7) is 0.252. The van der Waals surface area contributed by atoms with Crippen molar-refractivity contribution in [2.45, 2.75) is 6.61 Å². The van der Waals surface area contributed by atoms with Crippen LogP contribution in [0.1, 0.15) is 5.56 Å². The molecule has 4 heteroatoms. The third kappa shape index (κ3) is 2.91. The quantitative estimate of drug-likeness (QED) is 0.732. The van der Waals surface area contributed by atoms with Crippen molar-refractivity contribution >= 4 is 22.7 Å². The highest BCUT2D eigenvalue weighted by atomic mass is 16.6. The molecule has 1 aromatic heterocycles. The number of anilines is 1. The molecule has 3 rings (SSSR count). The highest BCUT2D eigenvalue weighted by Gasteiger charge is 2.15. The zero-order chi connectivity index (χ0) is 15.4. The number of aromatic nitrogens is 1. The summed E-state index contributed by atoms with van der Waals surface area (Å²) in [6.07, 6.45) is 1.32. The Morgan fingerprint density at radius 1 is 1.05 bits per heavy atom. The fourth-order valence-electron chi connectivity index (χ4n) is 2.27. The highest BCUT2D eigenvalue weighted by Crippen LogP contribution is 2.24. The molecule has 0 saturated heterocycles. The molecule has 0 aliphatic rings. The second-order valence-electron chi connectivity index (χ2n) is 4.95. The Kier molecular flexibility index (Phi) is 4.01. The van der Waals surface area contributed by atoms with Crippen LogP contribution in [-0.4, -0.2) is 18.1 Å². The second-order valence-corrected chi connectivity index (χ2v) is 4.95. The number of carbonyl (C=O) groups is 1. The third-order valence-corrected chi connectivity index (χ3v) is 3.45. The SMILES string of the molecule is CN(C(=O)OCc1ccccc1)c1cccc2cccnc12. The number of hydrogen-bond donors (Lipinski definition) is 0. The van der Waals surface area contributed by atoms with Crippen LogP contribution in [0.15, 0.2) is 66.9 Å². The Labute approximate surface area is 129 Å². The van der Waals surface area contributed by atoms with Crippen LogP contribution in [0.5, 0.6) is 0 Å². The summed E-state index contributed by atoms with van der Waals surface area (Å²) in [5.74, 6) is 0. The molecule has 2 aromatic carbocycles.